The van der Waals surface area contributed by atoms with Crippen molar-refractivity contribution in [3.05, 3.63) is 29.3 Å². The molecule has 1 aliphatic heterocycles. The van der Waals surface area contributed by atoms with E-state index in [2.05, 4.69) is 37.4 Å². The maximum atomic E-state index is 5.87. The molecule has 106 valence electrons. The van der Waals surface area contributed by atoms with Crippen molar-refractivity contribution in [2.45, 2.75) is 45.1 Å². The van der Waals surface area contributed by atoms with Crippen molar-refractivity contribution in [3.8, 4) is 5.75 Å². The summed E-state index contributed by atoms with van der Waals surface area (Å²) >= 11 is 5.87. The zero-order valence-corrected chi connectivity index (χ0v) is 12.7. The van der Waals surface area contributed by atoms with Crippen molar-refractivity contribution in [2.75, 3.05) is 19.0 Å². The molecule has 0 amide bonds. The highest BCUT2D eigenvalue weighted by Crippen LogP contribution is 2.26. The highest BCUT2D eigenvalue weighted by Gasteiger charge is 2.20. The molecule has 19 heavy (non-hydrogen) atoms. The molecule has 0 radical (unpaired) electrons. The zero-order valence-electron chi connectivity index (χ0n) is 12.0. The summed E-state index contributed by atoms with van der Waals surface area (Å²) in [6, 6.07) is 6.57. The van der Waals surface area contributed by atoms with E-state index in [1.54, 1.807) is 0 Å². The van der Waals surface area contributed by atoms with Crippen LogP contribution in [0.1, 0.15) is 37.8 Å². The summed E-state index contributed by atoms with van der Waals surface area (Å²) in [4.78, 5) is 0. The van der Waals surface area contributed by atoms with Crippen LogP contribution in [0.2, 0.25) is 0 Å². The van der Waals surface area contributed by atoms with Gasteiger partial charge in [0.05, 0.1) is 6.61 Å². The molecule has 0 fully saturated rings. The van der Waals surface area contributed by atoms with E-state index in [1.807, 2.05) is 0 Å². The zero-order chi connectivity index (χ0) is 13.7. The first kappa shape index (κ1) is 14.7. The van der Waals surface area contributed by atoms with Gasteiger partial charge in [-0.2, -0.15) is 0 Å². The monoisotopic (exact) mass is 281 g/mol. The summed E-state index contributed by atoms with van der Waals surface area (Å²) in [5.74, 6) is 1.78. The van der Waals surface area contributed by atoms with Crippen molar-refractivity contribution in [2.24, 2.45) is 0 Å². The second-order valence-corrected chi connectivity index (χ2v) is 5.95. The van der Waals surface area contributed by atoms with E-state index in [9.17, 15) is 0 Å². The lowest BCUT2D eigenvalue weighted by atomic mass is 9.95. The van der Waals surface area contributed by atoms with Gasteiger partial charge in [-0.05, 0) is 49.9 Å². The predicted octanol–water partition coefficient (Wildman–Crippen LogP) is 3.55. The topological polar surface area (TPSA) is 21.3 Å². The van der Waals surface area contributed by atoms with Crippen LogP contribution >= 0.6 is 11.6 Å². The Balaban J connectivity index is 1.85. The molecule has 0 saturated heterocycles. The number of hydrogen-bond acceptors (Lipinski definition) is 2. The summed E-state index contributed by atoms with van der Waals surface area (Å²) in [6.45, 7) is 6.31. The van der Waals surface area contributed by atoms with Gasteiger partial charge in [-0.15, -0.1) is 11.6 Å². The first-order chi connectivity index (χ1) is 9.17. The molecule has 0 saturated carbocycles. The van der Waals surface area contributed by atoms with Crippen LogP contribution in [0, 0.1) is 0 Å². The van der Waals surface area contributed by atoms with Crippen molar-refractivity contribution in [1.29, 1.82) is 0 Å². The second kappa shape index (κ2) is 6.62. The van der Waals surface area contributed by atoms with Crippen LogP contribution in [0.25, 0.3) is 0 Å². The van der Waals surface area contributed by atoms with Gasteiger partial charge in [0.25, 0.3) is 0 Å². The van der Waals surface area contributed by atoms with Crippen molar-refractivity contribution in [3.63, 3.8) is 0 Å². The van der Waals surface area contributed by atoms with Crippen molar-refractivity contribution >= 4 is 11.6 Å². The van der Waals surface area contributed by atoms with Crippen molar-refractivity contribution < 1.29 is 4.74 Å². The lowest BCUT2D eigenvalue weighted by Crippen LogP contribution is -2.43. The Labute approximate surface area is 121 Å². The van der Waals surface area contributed by atoms with E-state index in [0.29, 0.717) is 5.88 Å². The SMILES string of the molecule is CCC(C)(CCCl)NCCc1ccc2c(c1)CCO2. The van der Waals surface area contributed by atoms with Crippen LogP contribution in [0.5, 0.6) is 5.75 Å². The number of hydrogen-bond donors (Lipinski definition) is 1. The fourth-order valence-electron chi connectivity index (χ4n) is 2.50. The van der Waals surface area contributed by atoms with Gasteiger partial charge in [0, 0.05) is 17.8 Å². The molecular formula is C16H24ClNO. The van der Waals surface area contributed by atoms with Gasteiger partial charge in [0.1, 0.15) is 5.75 Å². The van der Waals surface area contributed by atoms with E-state index in [4.69, 9.17) is 16.3 Å². The van der Waals surface area contributed by atoms with Gasteiger partial charge in [-0.3, -0.25) is 0 Å². The Bertz CT molecular complexity index is 421. The molecule has 1 N–H and O–H groups in total. The van der Waals surface area contributed by atoms with Crippen LogP contribution in [-0.4, -0.2) is 24.6 Å². The lowest BCUT2D eigenvalue weighted by molar-refractivity contribution is 0.336. The first-order valence-corrected chi connectivity index (χ1v) is 7.76. The Morgan fingerprint density at radius 2 is 2.26 bits per heavy atom. The minimum atomic E-state index is 0.168. The number of alkyl halides is 1. The Morgan fingerprint density at radius 1 is 1.42 bits per heavy atom. The minimum absolute atomic E-state index is 0.168. The van der Waals surface area contributed by atoms with Crippen LogP contribution < -0.4 is 10.1 Å². The maximum Gasteiger partial charge on any atom is 0.122 e. The summed E-state index contributed by atoms with van der Waals surface area (Å²) < 4.78 is 5.53. The van der Waals surface area contributed by atoms with Crippen molar-refractivity contribution in [1.82, 2.24) is 5.32 Å². The lowest BCUT2D eigenvalue weighted by Gasteiger charge is -2.29. The normalized spacial score (nSPS) is 16.8. The predicted molar refractivity (Wildman–Crippen MR) is 81.4 cm³/mol. The van der Waals surface area contributed by atoms with Gasteiger partial charge in [-0.25, -0.2) is 0 Å². The van der Waals surface area contributed by atoms with Gasteiger partial charge < -0.3 is 10.1 Å². The van der Waals surface area contributed by atoms with E-state index in [-0.39, 0.29) is 5.54 Å². The average molecular weight is 282 g/mol. The number of benzene rings is 1. The summed E-state index contributed by atoms with van der Waals surface area (Å²) in [7, 11) is 0. The molecule has 1 aliphatic rings. The number of fused-ring (bicyclic) bond motifs is 1. The van der Waals surface area contributed by atoms with Gasteiger partial charge in [0.15, 0.2) is 0 Å². The highest BCUT2D eigenvalue weighted by atomic mass is 35.5. The number of nitrogens with one attached hydrogen (secondary N) is 1. The Morgan fingerprint density at radius 3 is 3.00 bits per heavy atom. The van der Waals surface area contributed by atoms with Crippen LogP contribution in [0.15, 0.2) is 18.2 Å². The van der Waals surface area contributed by atoms with Gasteiger partial charge >= 0.3 is 0 Å². The van der Waals surface area contributed by atoms with Gasteiger partial charge in [-0.1, -0.05) is 19.1 Å². The maximum absolute atomic E-state index is 5.87. The van der Waals surface area contributed by atoms with E-state index < -0.39 is 0 Å². The number of ether oxygens (including phenoxy) is 1. The molecule has 1 atom stereocenters. The summed E-state index contributed by atoms with van der Waals surface area (Å²) in [6.07, 6.45) is 4.24. The largest absolute Gasteiger partial charge is 0.493 e. The molecule has 3 heteroatoms. The molecule has 1 unspecified atom stereocenters. The Kier molecular flexibility index (Phi) is 5.12. The van der Waals surface area contributed by atoms with Crippen LogP contribution in [0.4, 0.5) is 0 Å². The molecule has 2 rings (SSSR count). The molecule has 0 bridgehead atoms. The molecule has 0 aromatic heterocycles. The molecular weight excluding hydrogens is 258 g/mol. The first-order valence-electron chi connectivity index (χ1n) is 7.22. The third kappa shape index (κ3) is 3.87. The summed E-state index contributed by atoms with van der Waals surface area (Å²) in [5.41, 5.74) is 2.92. The van der Waals surface area contributed by atoms with E-state index in [0.717, 1.165) is 44.6 Å². The van der Waals surface area contributed by atoms with Crippen LogP contribution in [0.3, 0.4) is 0 Å². The molecule has 0 aliphatic carbocycles. The van der Waals surface area contributed by atoms with E-state index in [1.165, 1.54) is 11.1 Å². The molecule has 1 heterocycles. The minimum Gasteiger partial charge on any atom is -0.493 e. The average Bonchev–Trinajstić information content (AvgIpc) is 2.86. The van der Waals surface area contributed by atoms with Gasteiger partial charge in [0.2, 0.25) is 0 Å². The third-order valence-electron chi connectivity index (χ3n) is 4.15. The third-order valence-corrected chi connectivity index (χ3v) is 4.33. The fraction of sp³-hybridized carbons (Fsp3) is 0.625. The fourth-order valence-corrected chi connectivity index (χ4v) is 2.92. The highest BCUT2D eigenvalue weighted by molar-refractivity contribution is 6.17. The quantitative estimate of drug-likeness (QED) is 0.772. The van der Waals surface area contributed by atoms with E-state index >= 15 is 0 Å². The van der Waals surface area contributed by atoms with Crippen LogP contribution in [-0.2, 0) is 12.8 Å². The molecule has 1 aromatic rings. The standard InChI is InChI=1S/C16H24ClNO/c1-3-16(2,8-9-17)18-10-6-13-4-5-15-14(12-13)7-11-19-15/h4-5,12,18H,3,6-11H2,1-2H3. The molecule has 2 nitrogen and oxygen atoms in total. The number of halogens is 1. The number of rotatable bonds is 7. The second-order valence-electron chi connectivity index (χ2n) is 5.57. The molecule has 1 aromatic carbocycles. The summed E-state index contributed by atoms with van der Waals surface area (Å²) in [5, 5.41) is 3.65. The molecule has 0 spiro atoms. The smallest absolute Gasteiger partial charge is 0.122 e. The Hall–Kier alpha value is -0.730.